The molecule has 0 aliphatic heterocycles. The number of nitrogens with zero attached hydrogens (tertiary/aromatic N) is 3. The number of hydrogen-bond acceptors (Lipinski definition) is 6. The number of ether oxygens (including phenoxy) is 1. The zero-order chi connectivity index (χ0) is 23.8. The molecule has 0 aliphatic rings. The Labute approximate surface area is 205 Å². The topological polar surface area (TPSA) is 98.1 Å². The quantitative estimate of drug-likeness (QED) is 0.312. The molecule has 2 N–H and O–H groups in total. The van der Waals surface area contributed by atoms with Crippen molar-refractivity contribution < 1.29 is 14.3 Å². The van der Waals surface area contributed by atoms with Crippen LogP contribution in [0, 0.1) is 0 Å². The van der Waals surface area contributed by atoms with Crippen LogP contribution in [0.3, 0.4) is 0 Å². The maximum Gasteiger partial charge on any atom is 0.251 e. The number of hydrogen-bond donors (Lipinski definition) is 2. The van der Waals surface area contributed by atoms with E-state index in [0.717, 1.165) is 0 Å². The maximum absolute atomic E-state index is 12.4. The van der Waals surface area contributed by atoms with Crippen LogP contribution < -0.4 is 15.4 Å². The van der Waals surface area contributed by atoms with E-state index in [4.69, 9.17) is 27.9 Å². The summed E-state index contributed by atoms with van der Waals surface area (Å²) in [5.74, 6) is 0.763. The zero-order valence-corrected chi connectivity index (χ0v) is 20.0. The predicted octanol–water partition coefficient (Wildman–Crippen LogP) is 4.44. The van der Waals surface area contributed by atoms with E-state index in [2.05, 4.69) is 27.4 Å². The Kier molecular flexibility index (Phi) is 8.76. The average molecular weight is 506 g/mol. The Morgan fingerprint density at radius 2 is 1.94 bits per heavy atom. The Hall–Kier alpha value is -3.01. The summed E-state index contributed by atoms with van der Waals surface area (Å²) in [7, 11) is 1.56. The summed E-state index contributed by atoms with van der Waals surface area (Å²) in [4.78, 5) is 24.8. The first-order chi connectivity index (χ1) is 15.9. The number of allylic oxidation sites excluding steroid dienone is 1. The minimum absolute atomic E-state index is 0.0797. The fraction of sp³-hybridized carbons (Fsp3) is 0.182. The standard InChI is InChI=1S/C22H21Cl2N5O3S/c1-3-10-29-19(12-25-21(31)14-4-7-16(32-2)8-5-14)27-28-22(29)33-13-20(30)26-18-11-15(23)6-9-17(18)24/h3-9,11H,1,10,12-13H2,2H3,(H,25,31)(H,26,30). The van der Waals surface area contributed by atoms with Gasteiger partial charge >= 0.3 is 0 Å². The molecule has 3 rings (SSSR count). The van der Waals surface area contributed by atoms with Gasteiger partial charge in [-0.2, -0.15) is 0 Å². The maximum atomic E-state index is 12.4. The second-order valence-corrected chi connectivity index (χ2v) is 8.46. The molecule has 0 spiro atoms. The molecule has 0 fully saturated rings. The van der Waals surface area contributed by atoms with Crippen LogP contribution in [0.1, 0.15) is 16.2 Å². The number of carbonyl (C=O) groups excluding carboxylic acids is 2. The van der Waals surface area contributed by atoms with Crippen LogP contribution >= 0.6 is 35.0 Å². The summed E-state index contributed by atoms with van der Waals surface area (Å²) in [6, 6.07) is 11.6. The third kappa shape index (κ3) is 6.74. The van der Waals surface area contributed by atoms with Crippen molar-refractivity contribution in [3.8, 4) is 5.75 Å². The van der Waals surface area contributed by atoms with Crippen molar-refractivity contribution >= 4 is 52.5 Å². The lowest BCUT2D eigenvalue weighted by Gasteiger charge is -2.10. The van der Waals surface area contributed by atoms with Crippen molar-refractivity contribution in [2.24, 2.45) is 0 Å². The minimum atomic E-state index is -0.272. The number of thioether (sulfide) groups is 1. The van der Waals surface area contributed by atoms with Gasteiger partial charge in [0.2, 0.25) is 5.91 Å². The molecule has 2 aromatic carbocycles. The fourth-order valence-electron chi connectivity index (χ4n) is 2.78. The van der Waals surface area contributed by atoms with Crippen molar-refractivity contribution in [3.05, 3.63) is 76.6 Å². The molecular formula is C22H21Cl2N5O3S. The molecule has 0 unspecified atom stereocenters. The number of amides is 2. The molecule has 0 aliphatic carbocycles. The summed E-state index contributed by atoms with van der Waals surface area (Å²) < 4.78 is 6.89. The number of anilines is 1. The molecule has 0 saturated heterocycles. The molecule has 0 saturated carbocycles. The van der Waals surface area contributed by atoms with E-state index in [-0.39, 0.29) is 24.1 Å². The molecule has 0 radical (unpaired) electrons. The highest BCUT2D eigenvalue weighted by atomic mass is 35.5. The van der Waals surface area contributed by atoms with Crippen molar-refractivity contribution in [1.82, 2.24) is 20.1 Å². The molecule has 0 atom stereocenters. The van der Waals surface area contributed by atoms with Crippen molar-refractivity contribution in [2.75, 3.05) is 18.2 Å². The van der Waals surface area contributed by atoms with E-state index < -0.39 is 0 Å². The van der Waals surface area contributed by atoms with Gasteiger partial charge in [-0.25, -0.2) is 0 Å². The SMILES string of the molecule is C=CCn1c(CNC(=O)c2ccc(OC)cc2)nnc1SCC(=O)Nc1cc(Cl)ccc1Cl. The molecule has 1 aromatic heterocycles. The van der Waals surface area contributed by atoms with Crippen LogP contribution in [0.2, 0.25) is 10.0 Å². The molecule has 3 aromatic rings. The van der Waals surface area contributed by atoms with E-state index in [1.54, 1.807) is 60.2 Å². The number of methoxy groups -OCH3 is 1. The van der Waals surface area contributed by atoms with Crippen LogP contribution in [0.4, 0.5) is 5.69 Å². The molecule has 11 heteroatoms. The normalized spacial score (nSPS) is 10.5. The molecule has 1 heterocycles. The first kappa shape index (κ1) is 24.6. The Morgan fingerprint density at radius 3 is 2.64 bits per heavy atom. The molecule has 2 amide bonds. The average Bonchev–Trinajstić information content (AvgIpc) is 3.20. The number of halogens is 2. The lowest BCUT2D eigenvalue weighted by atomic mass is 10.2. The number of benzene rings is 2. The Balaban J connectivity index is 1.61. The van der Waals surface area contributed by atoms with E-state index in [9.17, 15) is 9.59 Å². The molecule has 0 bridgehead atoms. The monoisotopic (exact) mass is 505 g/mol. The lowest BCUT2D eigenvalue weighted by Crippen LogP contribution is -2.24. The first-order valence-corrected chi connectivity index (χ1v) is 11.5. The number of rotatable bonds is 10. The van der Waals surface area contributed by atoms with Gasteiger partial charge in [0.25, 0.3) is 5.91 Å². The second-order valence-electron chi connectivity index (χ2n) is 6.67. The lowest BCUT2D eigenvalue weighted by molar-refractivity contribution is -0.113. The van der Waals surface area contributed by atoms with E-state index in [1.165, 1.54) is 11.8 Å². The third-order valence-corrected chi connectivity index (χ3v) is 5.93. The van der Waals surface area contributed by atoms with Crippen LogP contribution in [0.5, 0.6) is 5.75 Å². The van der Waals surface area contributed by atoms with Gasteiger partial charge in [0.05, 0.1) is 30.1 Å². The summed E-state index contributed by atoms with van der Waals surface area (Å²) >= 11 is 13.2. The van der Waals surface area contributed by atoms with E-state index in [1.807, 2.05) is 0 Å². The largest absolute Gasteiger partial charge is 0.497 e. The van der Waals surface area contributed by atoms with Crippen molar-refractivity contribution in [1.29, 1.82) is 0 Å². The summed E-state index contributed by atoms with van der Waals surface area (Å²) in [5.41, 5.74) is 0.931. The Morgan fingerprint density at radius 1 is 1.18 bits per heavy atom. The highest BCUT2D eigenvalue weighted by molar-refractivity contribution is 7.99. The number of carbonyl (C=O) groups is 2. The summed E-state index contributed by atoms with van der Waals surface area (Å²) in [6.07, 6.45) is 1.69. The van der Waals surface area contributed by atoms with Gasteiger partial charge in [-0.1, -0.05) is 41.0 Å². The predicted molar refractivity (Wildman–Crippen MR) is 130 cm³/mol. The molecular weight excluding hydrogens is 485 g/mol. The second kappa shape index (κ2) is 11.7. The Bertz CT molecular complexity index is 1150. The van der Waals surface area contributed by atoms with Crippen LogP contribution in [0.25, 0.3) is 0 Å². The van der Waals surface area contributed by atoms with Gasteiger partial charge in [0, 0.05) is 17.1 Å². The van der Waals surface area contributed by atoms with Crippen molar-refractivity contribution in [3.63, 3.8) is 0 Å². The number of nitrogens with one attached hydrogen (secondary N) is 2. The van der Waals surface area contributed by atoms with Gasteiger partial charge in [0.1, 0.15) is 5.75 Å². The summed E-state index contributed by atoms with van der Waals surface area (Å²) in [5, 5.41) is 15.2. The highest BCUT2D eigenvalue weighted by Gasteiger charge is 2.15. The van der Waals surface area contributed by atoms with Gasteiger partial charge in [-0.3, -0.25) is 9.59 Å². The highest BCUT2D eigenvalue weighted by Crippen LogP contribution is 2.26. The fourth-order valence-corrected chi connectivity index (χ4v) is 3.89. The molecule has 172 valence electrons. The van der Waals surface area contributed by atoms with Crippen LogP contribution in [-0.4, -0.2) is 39.4 Å². The van der Waals surface area contributed by atoms with E-state index in [0.29, 0.717) is 44.6 Å². The molecule has 33 heavy (non-hydrogen) atoms. The van der Waals surface area contributed by atoms with Gasteiger partial charge < -0.3 is 19.9 Å². The summed E-state index contributed by atoms with van der Waals surface area (Å²) in [6.45, 7) is 4.34. The van der Waals surface area contributed by atoms with Gasteiger partial charge in [0.15, 0.2) is 11.0 Å². The van der Waals surface area contributed by atoms with E-state index >= 15 is 0 Å². The third-order valence-electron chi connectivity index (χ3n) is 4.40. The zero-order valence-electron chi connectivity index (χ0n) is 17.7. The first-order valence-electron chi connectivity index (χ1n) is 9.74. The minimum Gasteiger partial charge on any atom is -0.497 e. The van der Waals surface area contributed by atoms with Crippen LogP contribution in [0.15, 0.2) is 60.3 Å². The molecule has 8 nitrogen and oxygen atoms in total. The van der Waals surface area contributed by atoms with Gasteiger partial charge in [-0.05, 0) is 42.5 Å². The number of aromatic nitrogens is 3. The van der Waals surface area contributed by atoms with Gasteiger partial charge in [-0.15, -0.1) is 16.8 Å². The van der Waals surface area contributed by atoms with Crippen molar-refractivity contribution in [2.45, 2.75) is 18.2 Å². The smallest absolute Gasteiger partial charge is 0.251 e. The van der Waals surface area contributed by atoms with Crippen LogP contribution in [-0.2, 0) is 17.9 Å².